The quantitative estimate of drug-likeness (QED) is 0.660. The van der Waals surface area contributed by atoms with Gasteiger partial charge in [0.2, 0.25) is 6.33 Å². The molecule has 0 saturated heterocycles. The molecule has 0 saturated carbocycles. The maximum atomic E-state index is 4.09. The van der Waals surface area contributed by atoms with Crippen molar-refractivity contribution in [2.75, 3.05) is 0 Å². The van der Waals surface area contributed by atoms with E-state index in [9.17, 15) is 0 Å². The molecule has 0 aliphatic rings. The highest BCUT2D eigenvalue weighted by molar-refractivity contribution is 4.79. The van der Waals surface area contributed by atoms with Crippen molar-refractivity contribution in [3.63, 3.8) is 0 Å². The summed E-state index contributed by atoms with van der Waals surface area (Å²) in [5, 5.41) is 0. The van der Waals surface area contributed by atoms with Crippen LogP contribution in [0, 0.1) is 0 Å². The van der Waals surface area contributed by atoms with Gasteiger partial charge in [0.05, 0.1) is 12.7 Å². The molecule has 25 heavy (non-hydrogen) atoms. The van der Waals surface area contributed by atoms with Gasteiger partial charge in [-0.25, -0.2) is 14.5 Å². The normalized spacial score (nSPS) is 14.4. The van der Waals surface area contributed by atoms with Crippen LogP contribution in [0.15, 0.2) is 56.2 Å². The van der Waals surface area contributed by atoms with Crippen LogP contribution in [0.1, 0.15) is 65.1 Å². The van der Waals surface area contributed by atoms with Crippen LogP contribution < -0.4 is 4.57 Å². The third-order valence-corrected chi connectivity index (χ3v) is 4.73. The topological polar surface area (TPSA) is 55.3 Å². The summed E-state index contributed by atoms with van der Waals surface area (Å²) in [4.78, 5) is 11.1. The lowest BCUT2D eigenvalue weighted by Gasteiger charge is -2.18. The van der Waals surface area contributed by atoms with Gasteiger partial charge in [0.25, 0.3) is 0 Å². The summed E-state index contributed by atoms with van der Waals surface area (Å²) < 4.78 is 6.52. The highest BCUT2D eigenvalue weighted by Crippen LogP contribution is 2.19. The lowest BCUT2D eigenvalue weighted by atomic mass is 10.1. The molecular weight excluding hydrogens is 312 g/mol. The van der Waals surface area contributed by atoms with E-state index in [-0.39, 0.29) is 0 Å². The van der Waals surface area contributed by atoms with Crippen LogP contribution in [-0.4, -0.2) is 24.1 Å². The van der Waals surface area contributed by atoms with E-state index in [2.05, 4.69) is 62.5 Å². The average Bonchev–Trinajstić information content (AvgIpc) is 3.40. The fourth-order valence-corrected chi connectivity index (χ4v) is 2.81. The molecule has 0 aromatic carbocycles. The number of hydrogen-bond acceptors (Lipinski definition) is 2. The molecule has 0 aliphatic carbocycles. The van der Waals surface area contributed by atoms with Crippen molar-refractivity contribution >= 4 is 0 Å². The largest absolute Gasteiger partial charge is 0.335 e. The molecule has 3 aromatic rings. The van der Waals surface area contributed by atoms with Gasteiger partial charge < -0.3 is 9.13 Å². The van der Waals surface area contributed by atoms with Gasteiger partial charge in [-0.3, -0.25) is 4.98 Å². The molecule has 0 spiro atoms. The smallest absolute Gasteiger partial charge is 0.241 e. The summed E-state index contributed by atoms with van der Waals surface area (Å²) in [6.45, 7) is 8.81. The van der Waals surface area contributed by atoms with Crippen molar-refractivity contribution < 1.29 is 4.57 Å². The molecule has 0 radical (unpaired) electrons. The van der Waals surface area contributed by atoms with Crippen LogP contribution in [0.2, 0.25) is 0 Å². The molecule has 0 amide bonds. The number of aromatic nitrogens is 6. The Bertz CT molecular complexity index is 657. The third-order valence-electron chi connectivity index (χ3n) is 4.73. The van der Waals surface area contributed by atoms with E-state index in [4.69, 9.17) is 0 Å². The summed E-state index contributed by atoms with van der Waals surface area (Å²) in [5.74, 6) is 0. The van der Waals surface area contributed by atoms with Gasteiger partial charge in [0, 0.05) is 43.3 Å². The molecule has 0 bridgehead atoms. The van der Waals surface area contributed by atoms with E-state index in [1.54, 1.807) is 0 Å². The zero-order valence-corrected chi connectivity index (χ0v) is 15.8. The third kappa shape index (κ3) is 5.59. The number of nitrogens with one attached hydrogen (secondary N) is 1. The zero-order chi connectivity index (χ0) is 18.1. The lowest BCUT2D eigenvalue weighted by Crippen LogP contribution is -2.37. The van der Waals surface area contributed by atoms with Crippen LogP contribution in [0.5, 0.6) is 0 Å². The fourth-order valence-electron chi connectivity index (χ4n) is 2.81. The van der Waals surface area contributed by atoms with Gasteiger partial charge in [-0.05, 0) is 26.7 Å². The molecule has 6 nitrogen and oxygen atoms in total. The zero-order valence-electron chi connectivity index (χ0n) is 15.8. The molecule has 3 heterocycles. The standard InChI is InChI=1S/C12H18N4.C7H12N2/c1-3-12(16-7-5-14-10-16)8-11(2)15-6-4-13-9-15;1-3-7(2)9-5-4-8-6-9/h4-7,9-12H,3,8H2,1-2H3;4-7H,3H2,1-2H3/p+1. The number of H-pyrrole nitrogens is 1. The summed E-state index contributed by atoms with van der Waals surface area (Å²) in [6.07, 6.45) is 20.9. The number of rotatable bonds is 7. The first-order valence-corrected chi connectivity index (χ1v) is 9.14. The molecule has 6 heteroatoms. The Kier molecular flexibility index (Phi) is 7.44. The van der Waals surface area contributed by atoms with Gasteiger partial charge >= 0.3 is 0 Å². The number of hydrogen-bond donors (Lipinski definition) is 1. The van der Waals surface area contributed by atoms with E-state index in [0.717, 1.165) is 19.3 Å². The Labute approximate surface area is 150 Å². The van der Waals surface area contributed by atoms with Crippen molar-refractivity contribution in [2.24, 2.45) is 0 Å². The average molecular weight is 343 g/mol. The monoisotopic (exact) mass is 343 g/mol. The van der Waals surface area contributed by atoms with Crippen LogP contribution in [0.4, 0.5) is 0 Å². The van der Waals surface area contributed by atoms with E-state index in [1.807, 2.05) is 50.0 Å². The van der Waals surface area contributed by atoms with Crippen molar-refractivity contribution in [1.29, 1.82) is 0 Å². The minimum atomic E-state index is 0.481. The Morgan fingerprint density at radius 2 is 1.60 bits per heavy atom. The van der Waals surface area contributed by atoms with Crippen molar-refractivity contribution in [3.8, 4) is 0 Å². The van der Waals surface area contributed by atoms with Gasteiger partial charge in [-0.2, -0.15) is 0 Å². The first-order valence-electron chi connectivity index (χ1n) is 9.14. The van der Waals surface area contributed by atoms with Crippen molar-refractivity contribution in [1.82, 2.24) is 24.1 Å². The highest BCUT2D eigenvalue weighted by Gasteiger charge is 2.17. The molecule has 3 atom stereocenters. The predicted molar refractivity (Wildman–Crippen MR) is 99.1 cm³/mol. The Morgan fingerprint density at radius 3 is 2.04 bits per heavy atom. The van der Waals surface area contributed by atoms with Crippen LogP contribution >= 0.6 is 0 Å². The van der Waals surface area contributed by atoms with E-state index in [0.29, 0.717) is 18.1 Å². The van der Waals surface area contributed by atoms with E-state index >= 15 is 0 Å². The van der Waals surface area contributed by atoms with Crippen LogP contribution in [-0.2, 0) is 0 Å². The summed E-state index contributed by atoms with van der Waals surface area (Å²) >= 11 is 0. The van der Waals surface area contributed by atoms with Crippen LogP contribution in [0.3, 0.4) is 0 Å². The SMILES string of the molecule is CCC(C)n1ccnc1.CCC(CC(C)n1ccnc1)[n+]1cc[nH]c1. The highest BCUT2D eigenvalue weighted by atomic mass is 15.1. The van der Waals surface area contributed by atoms with Crippen molar-refractivity contribution in [3.05, 3.63) is 56.2 Å². The Morgan fingerprint density at radius 1 is 0.960 bits per heavy atom. The van der Waals surface area contributed by atoms with E-state index < -0.39 is 0 Å². The minimum Gasteiger partial charge on any atom is -0.335 e. The second-order valence-electron chi connectivity index (χ2n) is 6.48. The lowest BCUT2D eigenvalue weighted by molar-refractivity contribution is -0.723. The second-order valence-corrected chi connectivity index (χ2v) is 6.48. The van der Waals surface area contributed by atoms with Crippen LogP contribution in [0.25, 0.3) is 0 Å². The molecule has 3 unspecified atom stereocenters. The van der Waals surface area contributed by atoms with Gasteiger partial charge in [-0.1, -0.05) is 13.8 Å². The Balaban J connectivity index is 0.000000212. The molecule has 1 N–H and O–H groups in total. The fraction of sp³-hybridized carbons (Fsp3) is 0.526. The molecule has 0 fully saturated rings. The molecule has 3 aromatic heterocycles. The summed E-state index contributed by atoms with van der Waals surface area (Å²) in [6, 6.07) is 1.62. The number of nitrogens with zero attached hydrogens (tertiary/aromatic N) is 5. The predicted octanol–water partition coefficient (Wildman–Crippen LogP) is 3.96. The minimum absolute atomic E-state index is 0.481. The molecule has 0 aliphatic heterocycles. The summed E-state index contributed by atoms with van der Waals surface area (Å²) in [5.41, 5.74) is 0. The molecular formula is C19H31N6+. The first kappa shape index (κ1) is 19.0. The van der Waals surface area contributed by atoms with E-state index in [1.165, 1.54) is 0 Å². The van der Waals surface area contributed by atoms with Crippen molar-refractivity contribution in [2.45, 2.75) is 65.1 Å². The molecule has 3 rings (SSSR count). The van der Waals surface area contributed by atoms with Gasteiger partial charge in [-0.15, -0.1) is 0 Å². The second kappa shape index (κ2) is 9.81. The summed E-state index contributed by atoms with van der Waals surface area (Å²) in [7, 11) is 0. The maximum absolute atomic E-state index is 4.09. The number of aromatic amines is 1. The maximum Gasteiger partial charge on any atom is 0.241 e. The first-order chi connectivity index (χ1) is 12.2. The number of imidazole rings is 3. The van der Waals surface area contributed by atoms with Gasteiger partial charge in [0.1, 0.15) is 18.4 Å². The molecule has 136 valence electrons. The Hall–Kier alpha value is -2.37. The van der Waals surface area contributed by atoms with Gasteiger partial charge in [0.15, 0.2) is 0 Å².